The average Bonchev–Trinajstić information content (AvgIpc) is 3.27. The number of carbonyl (C=O) groups is 2. The number of nitrogens with zero attached hydrogens (tertiary/aromatic N) is 1. The number of aromatic nitrogens is 1. The molecule has 0 saturated heterocycles. The molecule has 1 aromatic heterocycles. The molecule has 0 bridgehead atoms. The molecular weight excluding hydrogens is 500 g/mol. The van der Waals surface area contributed by atoms with Gasteiger partial charge in [-0.1, -0.05) is 73.7 Å². The van der Waals surface area contributed by atoms with Crippen molar-refractivity contribution in [3.05, 3.63) is 124 Å². The third-order valence-electron chi connectivity index (χ3n) is 6.81. The number of hydrogen-bond acceptors (Lipinski definition) is 5. The van der Waals surface area contributed by atoms with Crippen molar-refractivity contribution < 1.29 is 28.1 Å². The number of benzene rings is 3. The van der Waals surface area contributed by atoms with Crippen LogP contribution in [0.2, 0.25) is 0 Å². The summed E-state index contributed by atoms with van der Waals surface area (Å²) in [6.07, 6.45) is 1.71. The maximum absolute atomic E-state index is 13.7. The number of carbonyl (C=O) groups excluding carboxylic acids is 2. The Hall–Kier alpha value is -2.77. The van der Waals surface area contributed by atoms with Crippen LogP contribution in [0.5, 0.6) is 5.75 Å². The SMILES string of the molecule is C[C@@H]1c2ccccc2Cn2cc3c(c21)C(=O)c1cccc(OP(=O)(O)OCc2ccccc2)c1C3=O.[Na]. The van der Waals surface area contributed by atoms with Crippen LogP contribution in [-0.2, 0) is 22.2 Å². The fourth-order valence-corrected chi connectivity index (χ4v) is 5.96. The maximum Gasteiger partial charge on any atom is 0.527 e. The fourth-order valence-electron chi connectivity index (χ4n) is 5.19. The third kappa shape index (κ3) is 4.46. The molecule has 9 heteroatoms. The van der Waals surface area contributed by atoms with E-state index < -0.39 is 13.6 Å². The summed E-state index contributed by atoms with van der Waals surface area (Å²) in [5.74, 6) is -0.948. The van der Waals surface area contributed by atoms with Crippen molar-refractivity contribution >= 4 is 48.9 Å². The Bertz CT molecular complexity index is 1600. The normalized spacial score (nSPS) is 17.0. The van der Waals surface area contributed by atoms with Gasteiger partial charge >= 0.3 is 7.82 Å². The molecule has 2 atom stereocenters. The number of hydrogen-bond donors (Lipinski definition) is 1. The first-order valence-corrected chi connectivity index (χ1v) is 13.1. The Morgan fingerprint density at radius 2 is 1.62 bits per heavy atom. The van der Waals surface area contributed by atoms with Crippen LogP contribution in [0, 0.1) is 0 Å². The summed E-state index contributed by atoms with van der Waals surface area (Å²) in [6.45, 7) is 2.44. The zero-order valence-corrected chi connectivity index (χ0v) is 23.3. The Balaban J connectivity index is 0.00000280. The van der Waals surface area contributed by atoms with Gasteiger partial charge in [-0.05, 0) is 22.8 Å². The molecule has 1 aliphatic heterocycles. The predicted molar refractivity (Wildman–Crippen MR) is 138 cm³/mol. The monoisotopic (exact) mass is 522 g/mol. The van der Waals surface area contributed by atoms with Crippen LogP contribution in [0.3, 0.4) is 0 Å². The summed E-state index contributed by atoms with van der Waals surface area (Å²) in [5, 5.41) is 0. The third-order valence-corrected chi connectivity index (χ3v) is 7.70. The van der Waals surface area contributed by atoms with Crippen LogP contribution in [-0.4, -0.2) is 50.6 Å². The van der Waals surface area contributed by atoms with Gasteiger partial charge in [0, 0.05) is 59.5 Å². The van der Waals surface area contributed by atoms with Gasteiger partial charge in [0.05, 0.1) is 23.3 Å². The molecule has 1 unspecified atom stereocenters. The summed E-state index contributed by atoms with van der Waals surface area (Å²) >= 11 is 0. The van der Waals surface area contributed by atoms with Crippen LogP contribution in [0.25, 0.3) is 0 Å². The molecule has 6 rings (SSSR count). The van der Waals surface area contributed by atoms with Gasteiger partial charge in [-0.3, -0.25) is 19.0 Å². The number of phosphoric ester groups is 1. The molecule has 4 aromatic rings. The second-order valence-corrected chi connectivity index (χ2v) is 10.4. The Morgan fingerprint density at radius 3 is 2.41 bits per heavy atom. The minimum absolute atomic E-state index is 0. The van der Waals surface area contributed by atoms with E-state index in [4.69, 9.17) is 9.05 Å². The van der Waals surface area contributed by atoms with Gasteiger partial charge in [-0.25, -0.2) is 4.57 Å². The van der Waals surface area contributed by atoms with Crippen molar-refractivity contribution in [1.29, 1.82) is 0 Å². The Morgan fingerprint density at radius 1 is 0.919 bits per heavy atom. The van der Waals surface area contributed by atoms with Crippen LogP contribution >= 0.6 is 7.82 Å². The van der Waals surface area contributed by atoms with Gasteiger partial charge in [-0.2, -0.15) is 0 Å². The van der Waals surface area contributed by atoms with Gasteiger partial charge in [-0.15, -0.1) is 0 Å². The summed E-state index contributed by atoms with van der Waals surface area (Å²) in [4.78, 5) is 37.7. The van der Waals surface area contributed by atoms with E-state index in [-0.39, 0.29) is 70.3 Å². The van der Waals surface area contributed by atoms with Crippen LogP contribution in [0.15, 0.2) is 79.0 Å². The van der Waals surface area contributed by atoms with E-state index in [9.17, 15) is 19.0 Å². The largest absolute Gasteiger partial charge is 0.527 e. The first kappa shape index (κ1) is 25.9. The minimum atomic E-state index is -4.58. The summed E-state index contributed by atoms with van der Waals surface area (Å²) in [6, 6.07) is 21.4. The van der Waals surface area contributed by atoms with Gasteiger partial charge in [0.1, 0.15) is 5.75 Å². The maximum atomic E-state index is 13.7. The average molecular weight is 522 g/mol. The fraction of sp³-hybridized carbons (Fsp3) is 0.143. The standard InChI is InChI=1S/C28H22NO6P.Na/c1-17-20-11-6-5-10-19(20)14-29-15-22-25(26(17)29)27(30)21-12-7-13-23(24(21)28(22)31)35-36(32,33)34-16-18-8-3-2-4-9-18;/h2-13,15,17H,14,16H2,1H3,(H,32,33);/t17-;/m1./s1. The second kappa shape index (κ2) is 9.84. The van der Waals surface area contributed by atoms with Crippen LogP contribution in [0.4, 0.5) is 0 Å². The quantitative estimate of drug-likeness (QED) is 0.255. The molecule has 2 aliphatic rings. The minimum Gasteiger partial charge on any atom is -0.403 e. The predicted octanol–water partition coefficient (Wildman–Crippen LogP) is 5.09. The molecule has 181 valence electrons. The van der Waals surface area contributed by atoms with Crippen molar-refractivity contribution in [2.75, 3.05) is 0 Å². The van der Waals surface area contributed by atoms with E-state index in [0.29, 0.717) is 17.7 Å². The van der Waals surface area contributed by atoms with Gasteiger partial charge < -0.3 is 9.09 Å². The summed E-state index contributed by atoms with van der Waals surface area (Å²) in [7, 11) is -4.58. The molecule has 2 heterocycles. The zero-order valence-electron chi connectivity index (χ0n) is 20.4. The van der Waals surface area contributed by atoms with Crippen molar-refractivity contribution in [2.45, 2.75) is 26.0 Å². The molecular formula is C28H22NNaO6P. The first-order chi connectivity index (χ1) is 17.3. The van der Waals surface area contributed by atoms with Gasteiger partial charge in [0.2, 0.25) is 0 Å². The summed E-state index contributed by atoms with van der Waals surface area (Å²) < 4.78 is 25.2. The molecule has 1 N–H and O–H groups in total. The smallest absolute Gasteiger partial charge is 0.403 e. The van der Waals surface area contributed by atoms with Crippen molar-refractivity contribution in [3.63, 3.8) is 0 Å². The number of phosphoric acid groups is 1. The van der Waals surface area contributed by atoms with Crippen molar-refractivity contribution in [1.82, 2.24) is 4.57 Å². The molecule has 3 aromatic carbocycles. The number of ketones is 2. The molecule has 1 radical (unpaired) electrons. The van der Waals surface area contributed by atoms with Crippen molar-refractivity contribution in [3.8, 4) is 5.75 Å². The Labute approximate surface area is 236 Å². The van der Waals surface area contributed by atoms with Crippen LogP contribution < -0.4 is 4.52 Å². The van der Waals surface area contributed by atoms with E-state index >= 15 is 0 Å². The summed E-state index contributed by atoms with van der Waals surface area (Å²) in [5.41, 5.74) is 4.55. The Kier molecular flexibility index (Phi) is 6.88. The molecule has 0 spiro atoms. The van der Waals surface area contributed by atoms with E-state index in [2.05, 4.69) is 0 Å². The van der Waals surface area contributed by atoms with Gasteiger partial charge in [0.15, 0.2) is 11.6 Å². The van der Waals surface area contributed by atoms with E-state index in [1.807, 2.05) is 41.8 Å². The molecule has 1 aliphatic carbocycles. The van der Waals surface area contributed by atoms with E-state index in [0.717, 1.165) is 16.8 Å². The van der Waals surface area contributed by atoms with Crippen LogP contribution in [0.1, 0.15) is 67.1 Å². The molecule has 0 amide bonds. The second-order valence-electron chi connectivity index (χ2n) is 9.01. The van der Waals surface area contributed by atoms with E-state index in [1.54, 1.807) is 36.5 Å². The molecule has 37 heavy (non-hydrogen) atoms. The number of rotatable bonds is 5. The molecule has 0 fully saturated rings. The number of fused-ring (bicyclic) bond motifs is 5. The molecule has 0 saturated carbocycles. The first-order valence-electron chi connectivity index (χ1n) is 11.6. The molecule has 7 nitrogen and oxygen atoms in total. The van der Waals surface area contributed by atoms with E-state index in [1.165, 1.54) is 12.1 Å². The van der Waals surface area contributed by atoms with Gasteiger partial charge in [0.25, 0.3) is 0 Å². The topological polar surface area (TPSA) is 94.8 Å². The van der Waals surface area contributed by atoms with Crippen molar-refractivity contribution in [2.24, 2.45) is 0 Å². The zero-order chi connectivity index (χ0) is 25.0.